The number of benzene rings is 2. The molecule has 1 atom stereocenters. The van der Waals surface area contributed by atoms with Gasteiger partial charge in [-0.15, -0.1) is 0 Å². The first kappa shape index (κ1) is 32.3. The number of rotatable bonds is 7. The molecule has 0 saturated carbocycles. The van der Waals surface area contributed by atoms with Gasteiger partial charge in [-0.2, -0.15) is 0 Å². The largest absolute Gasteiger partial charge is 0.486 e. The average molecular weight is 628 g/mol. The highest BCUT2D eigenvalue weighted by Gasteiger charge is 2.36. The molecule has 1 aromatic heterocycles. The second-order valence-corrected chi connectivity index (χ2v) is 14.9. The van der Waals surface area contributed by atoms with Gasteiger partial charge in [0, 0.05) is 55.2 Å². The van der Waals surface area contributed by atoms with Crippen molar-refractivity contribution in [1.82, 2.24) is 9.88 Å². The van der Waals surface area contributed by atoms with Crippen LogP contribution in [0.5, 0.6) is 11.5 Å². The van der Waals surface area contributed by atoms with E-state index in [0.29, 0.717) is 24.5 Å². The van der Waals surface area contributed by atoms with Gasteiger partial charge in [0.25, 0.3) is 0 Å². The first-order valence-corrected chi connectivity index (χ1v) is 16.7. The van der Waals surface area contributed by atoms with Crippen molar-refractivity contribution in [2.24, 2.45) is 5.41 Å². The number of nitrogens with zero attached hydrogens (tertiary/aromatic N) is 3. The number of hydrogen-bond acceptors (Lipinski definition) is 7. The fourth-order valence-corrected chi connectivity index (χ4v) is 7.10. The van der Waals surface area contributed by atoms with Gasteiger partial charge in [-0.3, -0.25) is 9.88 Å². The molecule has 1 saturated heterocycles. The molecule has 8 nitrogen and oxygen atoms in total. The van der Waals surface area contributed by atoms with E-state index in [9.17, 15) is 9.90 Å². The van der Waals surface area contributed by atoms with Gasteiger partial charge in [0.05, 0.1) is 11.3 Å². The van der Waals surface area contributed by atoms with E-state index in [1.54, 1.807) is 0 Å². The summed E-state index contributed by atoms with van der Waals surface area (Å²) in [5, 5.41) is 10.5. The van der Waals surface area contributed by atoms with Gasteiger partial charge in [0.2, 0.25) is 0 Å². The number of piperidine rings is 1. The third-order valence-corrected chi connectivity index (χ3v) is 9.57. The molecular formula is C38H49N3O5. The van der Waals surface area contributed by atoms with E-state index in [0.717, 1.165) is 86.0 Å². The highest BCUT2D eigenvalue weighted by Crippen LogP contribution is 2.45. The lowest BCUT2D eigenvalue weighted by molar-refractivity contribution is -0.160. The molecule has 3 aliphatic heterocycles. The summed E-state index contributed by atoms with van der Waals surface area (Å²) >= 11 is 0. The fourth-order valence-electron chi connectivity index (χ4n) is 7.10. The number of ether oxygens (including phenoxy) is 3. The van der Waals surface area contributed by atoms with E-state index in [4.69, 9.17) is 19.2 Å². The van der Waals surface area contributed by atoms with Crippen LogP contribution in [0.1, 0.15) is 87.2 Å². The van der Waals surface area contributed by atoms with Crippen LogP contribution in [0.4, 0.5) is 5.69 Å². The van der Waals surface area contributed by atoms with Gasteiger partial charge in [0.1, 0.15) is 13.2 Å². The predicted octanol–water partition coefficient (Wildman–Crippen LogP) is 7.26. The Balaban J connectivity index is 1.35. The Kier molecular flexibility index (Phi) is 8.81. The van der Waals surface area contributed by atoms with E-state index in [2.05, 4.69) is 60.9 Å². The molecule has 246 valence electrons. The van der Waals surface area contributed by atoms with E-state index in [1.807, 2.05) is 33.8 Å². The van der Waals surface area contributed by atoms with Gasteiger partial charge in [-0.1, -0.05) is 38.1 Å². The molecule has 1 unspecified atom stereocenters. The van der Waals surface area contributed by atoms with E-state index in [-0.39, 0.29) is 5.41 Å². The minimum absolute atomic E-state index is 0.250. The summed E-state index contributed by atoms with van der Waals surface area (Å²) in [6.07, 6.45) is 1.89. The Morgan fingerprint density at radius 2 is 1.70 bits per heavy atom. The van der Waals surface area contributed by atoms with Crippen molar-refractivity contribution in [2.75, 3.05) is 37.7 Å². The predicted molar refractivity (Wildman–Crippen MR) is 181 cm³/mol. The second-order valence-electron chi connectivity index (χ2n) is 14.9. The van der Waals surface area contributed by atoms with Gasteiger partial charge in [0.15, 0.2) is 17.6 Å². The molecule has 3 aromatic rings. The molecule has 3 aliphatic rings. The number of carbonyl (C=O) groups is 1. The minimum Gasteiger partial charge on any atom is -0.486 e. The topological polar surface area (TPSA) is 84.4 Å². The molecule has 1 fully saturated rings. The molecule has 46 heavy (non-hydrogen) atoms. The third kappa shape index (κ3) is 6.88. The molecule has 4 heterocycles. The summed E-state index contributed by atoms with van der Waals surface area (Å²) < 4.78 is 17.8. The Labute approximate surface area is 273 Å². The molecule has 0 radical (unpaired) electrons. The lowest BCUT2D eigenvalue weighted by Gasteiger charge is -2.41. The number of aryl methyl sites for hydroxylation is 2. The quantitative estimate of drug-likeness (QED) is 0.293. The van der Waals surface area contributed by atoms with Crippen LogP contribution < -0.4 is 14.4 Å². The van der Waals surface area contributed by atoms with E-state index in [1.165, 1.54) is 16.7 Å². The maximum absolute atomic E-state index is 12.8. The summed E-state index contributed by atoms with van der Waals surface area (Å²) in [4.78, 5) is 22.7. The molecule has 0 spiro atoms. The second kappa shape index (κ2) is 12.5. The summed E-state index contributed by atoms with van der Waals surface area (Å²) in [7, 11) is 0. The van der Waals surface area contributed by atoms with Crippen LogP contribution in [0.15, 0.2) is 36.4 Å². The number of fused-ring (bicyclic) bond motifs is 2. The summed E-state index contributed by atoms with van der Waals surface area (Å²) in [5.74, 6) is 0.665. The monoisotopic (exact) mass is 627 g/mol. The van der Waals surface area contributed by atoms with Crippen LogP contribution in [0.2, 0.25) is 0 Å². The SMILES string of the molecule is Cc1nc(C)c(C(OC(C)(C)C)C(=O)O)c(N2CCC(C)(C)CC2)c1-c1ccc2c(c1)CCN(Cc1ccc3c(c1)OCCO3)C2. The number of hydrogen-bond donors (Lipinski definition) is 1. The van der Waals surface area contributed by atoms with Crippen molar-refractivity contribution >= 4 is 11.7 Å². The first-order chi connectivity index (χ1) is 21.8. The van der Waals surface area contributed by atoms with Crippen molar-refractivity contribution in [3.63, 3.8) is 0 Å². The number of anilines is 1. The number of aromatic nitrogens is 1. The van der Waals surface area contributed by atoms with Crippen LogP contribution in [0.3, 0.4) is 0 Å². The van der Waals surface area contributed by atoms with Crippen LogP contribution >= 0.6 is 0 Å². The summed E-state index contributed by atoms with van der Waals surface area (Å²) in [5.41, 5.74) is 8.87. The number of pyridine rings is 1. The van der Waals surface area contributed by atoms with E-state index < -0.39 is 17.7 Å². The first-order valence-electron chi connectivity index (χ1n) is 16.7. The highest BCUT2D eigenvalue weighted by molar-refractivity contribution is 5.88. The van der Waals surface area contributed by atoms with Crippen LogP contribution in [0.25, 0.3) is 11.1 Å². The Hall–Kier alpha value is -3.62. The zero-order valence-corrected chi connectivity index (χ0v) is 28.5. The molecule has 0 aliphatic carbocycles. The van der Waals surface area contributed by atoms with Crippen LogP contribution in [-0.2, 0) is 29.0 Å². The average Bonchev–Trinajstić information content (AvgIpc) is 2.99. The summed E-state index contributed by atoms with van der Waals surface area (Å²) in [6.45, 7) is 19.9. The van der Waals surface area contributed by atoms with Crippen molar-refractivity contribution in [1.29, 1.82) is 0 Å². The Morgan fingerprint density at radius 1 is 0.978 bits per heavy atom. The van der Waals surface area contributed by atoms with Crippen molar-refractivity contribution < 1.29 is 24.1 Å². The van der Waals surface area contributed by atoms with Gasteiger partial charge < -0.3 is 24.2 Å². The Bertz CT molecular complexity index is 1620. The molecule has 6 rings (SSSR count). The zero-order valence-electron chi connectivity index (χ0n) is 28.5. The van der Waals surface area contributed by atoms with Crippen molar-refractivity contribution in [2.45, 2.75) is 92.5 Å². The molecule has 2 aromatic carbocycles. The number of carboxylic acid groups (broad SMARTS) is 1. The highest BCUT2D eigenvalue weighted by atomic mass is 16.6. The third-order valence-electron chi connectivity index (χ3n) is 9.57. The number of aliphatic carboxylic acids is 1. The number of carboxylic acids is 1. The van der Waals surface area contributed by atoms with E-state index >= 15 is 0 Å². The maximum atomic E-state index is 12.8. The standard InChI is InChI=1S/C38H49N3O5/c1-24-32(34(41-16-13-38(6,7)14-17-41)33(25(2)39-24)35(36(42)43)46-37(3,4)5)28-9-10-29-23-40(15-12-27(29)21-28)22-26-8-11-30-31(20-26)45-19-18-44-30/h8-11,20-21,35H,12-19,22-23H2,1-7H3,(H,42,43). The smallest absolute Gasteiger partial charge is 0.337 e. The fraction of sp³-hybridized carbons (Fsp3) is 0.526. The lowest BCUT2D eigenvalue weighted by atomic mass is 9.81. The van der Waals surface area contributed by atoms with Crippen LogP contribution in [0, 0.1) is 19.3 Å². The van der Waals surface area contributed by atoms with Crippen molar-refractivity contribution in [3.8, 4) is 22.6 Å². The van der Waals surface area contributed by atoms with Gasteiger partial charge in [-0.05, 0) is 93.7 Å². The molecule has 1 N–H and O–H groups in total. The minimum atomic E-state index is -1.12. The maximum Gasteiger partial charge on any atom is 0.337 e. The lowest BCUT2D eigenvalue weighted by Crippen LogP contribution is -2.39. The van der Waals surface area contributed by atoms with Crippen LogP contribution in [-0.4, -0.2) is 59.4 Å². The molecular weight excluding hydrogens is 578 g/mol. The molecule has 0 bridgehead atoms. The zero-order chi connectivity index (χ0) is 32.8. The molecule has 8 heteroatoms. The normalized spacial score (nSPS) is 18.6. The Morgan fingerprint density at radius 3 is 2.39 bits per heavy atom. The summed E-state index contributed by atoms with van der Waals surface area (Å²) in [6, 6.07) is 13.0. The molecule has 0 amide bonds. The van der Waals surface area contributed by atoms with Gasteiger partial charge in [-0.25, -0.2) is 4.79 Å². The van der Waals surface area contributed by atoms with Gasteiger partial charge >= 0.3 is 5.97 Å². The van der Waals surface area contributed by atoms with Crippen molar-refractivity contribution in [3.05, 3.63) is 70.0 Å².